The van der Waals surface area contributed by atoms with Gasteiger partial charge in [-0.2, -0.15) is 4.31 Å². The molecule has 1 saturated carbocycles. The molecule has 1 aliphatic rings. The lowest BCUT2D eigenvalue weighted by atomic mass is 10.3. The smallest absolute Gasteiger partial charge is 0.260 e. The molecular formula is C14H23N3O2S. The summed E-state index contributed by atoms with van der Waals surface area (Å²) in [6.45, 7) is 5.12. The fourth-order valence-electron chi connectivity index (χ4n) is 2.13. The Balaban J connectivity index is 2.21. The fraction of sp³-hybridized carbons (Fsp3) is 0.643. The molecule has 1 fully saturated rings. The van der Waals surface area contributed by atoms with Crippen LogP contribution in [0.4, 0.5) is 0 Å². The van der Waals surface area contributed by atoms with Gasteiger partial charge in [-0.1, -0.05) is 6.07 Å². The van der Waals surface area contributed by atoms with E-state index in [1.54, 1.807) is 16.6 Å². The third kappa shape index (κ3) is 3.56. The zero-order valence-corrected chi connectivity index (χ0v) is 13.2. The van der Waals surface area contributed by atoms with E-state index in [9.17, 15) is 8.42 Å². The number of hydrogen-bond donors (Lipinski definition) is 1. The summed E-state index contributed by atoms with van der Waals surface area (Å²) < 4.78 is 26.9. The van der Waals surface area contributed by atoms with Crippen molar-refractivity contribution >= 4 is 10.0 Å². The Hall–Kier alpha value is -0.980. The van der Waals surface area contributed by atoms with Crippen molar-refractivity contribution in [2.45, 2.75) is 44.3 Å². The van der Waals surface area contributed by atoms with E-state index in [1.165, 1.54) is 0 Å². The zero-order chi connectivity index (χ0) is 14.8. The summed E-state index contributed by atoms with van der Waals surface area (Å²) in [7, 11) is -1.64. The number of hydrogen-bond acceptors (Lipinski definition) is 4. The molecule has 5 nitrogen and oxygen atoms in total. The maximum absolute atomic E-state index is 12.7. The van der Waals surface area contributed by atoms with Gasteiger partial charge in [0, 0.05) is 25.3 Å². The highest BCUT2D eigenvalue weighted by atomic mass is 32.2. The quantitative estimate of drug-likeness (QED) is 0.830. The van der Waals surface area contributed by atoms with Gasteiger partial charge < -0.3 is 5.32 Å². The minimum atomic E-state index is -3.49. The van der Waals surface area contributed by atoms with Crippen molar-refractivity contribution in [1.82, 2.24) is 14.6 Å². The normalized spacial score (nSPS) is 16.1. The standard InChI is InChI=1S/C14H23N3O2S/c1-11(2)17(10-12-4-5-12)20(18,19)14-7-6-13(8-15-3)9-16-14/h6-7,9,11-12,15H,4-5,8,10H2,1-3H3. The average Bonchev–Trinajstić information content (AvgIpc) is 3.20. The second kappa shape index (κ2) is 6.20. The van der Waals surface area contributed by atoms with Gasteiger partial charge in [0.2, 0.25) is 0 Å². The average molecular weight is 297 g/mol. The molecule has 0 unspecified atom stereocenters. The van der Waals surface area contributed by atoms with Crippen molar-refractivity contribution < 1.29 is 8.42 Å². The van der Waals surface area contributed by atoms with E-state index < -0.39 is 10.0 Å². The molecule has 0 amide bonds. The molecule has 6 heteroatoms. The van der Waals surface area contributed by atoms with Crippen LogP contribution in [0.5, 0.6) is 0 Å². The first-order valence-corrected chi connectivity index (χ1v) is 8.50. The molecule has 1 aromatic rings. The summed E-state index contributed by atoms with van der Waals surface area (Å²) in [5, 5.41) is 3.16. The lowest BCUT2D eigenvalue weighted by Crippen LogP contribution is -2.38. The molecule has 1 N–H and O–H groups in total. The van der Waals surface area contributed by atoms with Crippen molar-refractivity contribution in [1.29, 1.82) is 0 Å². The number of rotatable bonds is 7. The van der Waals surface area contributed by atoms with Gasteiger partial charge in [0.15, 0.2) is 5.03 Å². The Morgan fingerprint density at radius 1 is 1.40 bits per heavy atom. The number of sulfonamides is 1. The molecule has 0 radical (unpaired) electrons. The van der Waals surface area contributed by atoms with E-state index in [-0.39, 0.29) is 11.1 Å². The Morgan fingerprint density at radius 2 is 2.10 bits per heavy atom. The highest BCUT2D eigenvalue weighted by Gasteiger charge is 2.33. The van der Waals surface area contributed by atoms with Crippen LogP contribution in [0.25, 0.3) is 0 Å². The van der Waals surface area contributed by atoms with Crippen LogP contribution in [0.15, 0.2) is 23.4 Å². The topological polar surface area (TPSA) is 62.3 Å². The van der Waals surface area contributed by atoms with Crippen LogP contribution in [0.1, 0.15) is 32.3 Å². The molecule has 1 aliphatic carbocycles. The van der Waals surface area contributed by atoms with E-state index in [1.807, 2.05) is 27.0 Å². The minimum Gasteiger partial charge on any atom is -0.316 e. The molecule has 0 saturated heterocycles. The predicted molar refractivity (Wildman–Crippen MR) is 78.8 cm³/mol. The van der Waals surface area contributed by atoms with Crippen molar-refractivity contribution in [3.8, 4) is 0 Å². The number of aromatic nitrogens is 1. The van der Waals surface area contributed by atoms with E-state index in [2.05, 4.69) is 10.3 Å². The third-order valence-corrected chi connectivity index (χ3v) is 5.42. The van der Waals surface area contributed by atoms with E-state index in [4.69, 9.17) is 0 Å². The molecule has 20 heavy (non-hydrogen) atoms. The van der Waals surface area contributed by atoms with Gasteiger partial charge in [0.25, 0.3) is 10.0 Å². The second-order valence-corrected chi connectivity index (χ2v) is 7.48. The van der Waals surface area contributed by atoms with Crippen LogP contribution >= 0.6 is 0 Å². The first kappa shape index (κ1) is 15.4. The van der Waals surface area contributed by atoms with Gasteiger partial charge in [-0.3, -0.25) is 0 Å². The first-order valence-electron chi connectivity index (χ1n) is 7.06. The van der Waals surface area contributed by atoms with Crippen molar-refractivity contribution in [3.05, 3.63) is 23.9 Å². The van der Waals surface area contributed by atoms with E-state index in [0.29, 0.717) is 19.0 Å². The zero-order valence-electron chi connectivity index (χ0n) is 12.3. The van der Waals surface area contributed by atoms with Crippen LogP contribution in [0.2, 0.25) is 0 Å². The summed E-state index contributed by atoms with van der Waals surface area (Å²) in [5.41, 5.74) is 0.977. The summed E-state index contributed by atoms with van der Waals surface area (Å²) in [4.78, 5) is 4.13. The van der Waals surface area contributed by atoms with E-state index in [0.717, 1.165) is 18.4 Å². The summed E-state index contributed by atoms with van der Waals surface area (Å²) in [6, 6.07) is 3.37. The molecule has 0 bridgehead atoms. The Morgan fingerprint density at radius 3 is 2.55 bits per heavy atom. The van der Waals surface area contributed by atoms with Gasteiger partial charge in [0.1, 0.15) is 0 Å². The highest BCUT2D eigenvalue weighted by molar-refractivity contribution is 7.89. The number of nitrogens with one attached hydrogen (secondary N) is 1. The second-order valence-electron chi connectivity index (χ2n) is 5.65. The van der Waals surface area contributed by atoms with E-state index >= 15 is 0 Å². The van der Waals surface area contributed by atoms with Crippen LogP contribution in [-0.4, -0.2) is 37.3 Å². The van der Waals surface area contributed by atoms with Crippen molar-refractivity contribution in [2.24, 2.45) is 5.92 Å². The summed E-state index contributed by atoms with van der Waals surface area (Å²) in [5.74, 6) is 0.524. The van der Waals surface area contributed by atoms with Gasteiger partial charge in [-0.05, 0) is 51.3 Å². The highest BCUT2D eigenvalue weighted by Crippen LogP contribution is 2.32. The Labute approximate surface area is 121 Å². The monoisotopic (exact) mass is 297 g/mol. The largest absolute Gasteiger partial charge is 0.316 e. The molecule has 2 rings (SSSR count). The van der Waals surface area contributed by atoms with Crippen molar-refractivity contribution in [3.63, 3.8) is 0 Å². The molecular weight excluding hydrogens is 274 g/mol. The molecule has 0 aromatic carbocycles. The summed E-state index contributed by atoms with van der Waals surface area (Å²) in [6.07, 6.45) is 3.89. The third-order valence-electron chi connectivity index (χ3n) is 3.46. The van der Waals surface area contributed by atoms with Crippen molar-refractivity contribution in [2.75, 3.05) is 13.6 Å². The van der Waals surface area contributed by atoms with Crippen LogP contribution in [-0.2, 0) is 16.6 Å². The Bertz CT molecular complexity index is 536. The van der Waals surface area contributed by atoms with Gasteiger partial charge in [-0.25, -0.2) is 13.4 Å². The fourth-order valence-corrected chi connectivity index (χ4v) is 3.76. The number of pyridine rings is 1. The van der Waals surface area contributed by atoms with Crippen LogP contribution < -0.4 is 5.32 Å². The van der Waals surface area contributed by atoms with Gasteiger partial charge in [-0.15, -0.1) is 0 Å². The SMILES string of the molecule is CNCc1ccc(S(=O)(=O)N(CC2CC2)C(C)C)nc1. The van der Waals surface area contributed by atoms with Gasteiger partial charge in [0.05, 0.1) is 0 Å². The first-order chi connectivity index (χ1) is 9.45. The lowest BCUT2D eigenvalue weighted by Gasteiger charge is -2.25. The summed E-state index contributed by atoms with van der Waals surface area (Å²) >= 11 is 0. The maximum atomic E-state index is 12.7. The number of nitrogens with zero attached hydrogens (tertiary/aromatic N) is 2. The molecule has 1 heterocycles. The van der Waals surface area contributed by atoms with Crippen LogP contribution in [0.3, 0.4) is 0 Å². The predicted octanol–water partition coefficient (Wildman–Crippen LogP) is 1.61. The molecule has 0 aliphatic heterocycles. The van der Waals surface area contributed by atoms with Crippen LogP contribution in [0, 0.1) is 5.92 Å². The molecule has 112 valence electrons. The maximum Gasteiger partial charge on any atom is 0.260 e. The van der Waals surface area contributed by atoms with Gasteiger partial charge >= 0.3 is 0 Å². The molecule has 0 spiro atoms. The molecule has 0 atom stereocenters. The molecule has 1 aromatic heterocycles. The lowest BCUT2D eigenvalue weighted by molar-refractivity contribution is 0.340. The Kier molecular flexibility index (Phi) is 4.78. The minimum absolute atomic E-state index is 0.0422.